The Hall–Kier alpha value is -2.66. The summed E-state index contributed by atoms with van der Waals surface area (Å²) in [4.78, 5) is 23.0. The van der Waals surface area contributed by atoms with Crippen LogP contribution in [0, 0.1) is 0 Å². The van der Waals surface area contributed by atoms with Crippen LogP contribution < -0.4 is 0 Å². The first kappa shape index (κ1) is 18.7. The highest BCUT2D eigenvalue weighted by Gasteiger charge is 2.07. The van der Waals surface area contributed by atoms with Gasteiger partial charge in [0.25, 0.3) is 0 Å². The molecular formula is C20H22O5. The van der Waals surface area contributed by atoms with Crippen molar-refractivity contribution in [1.29, 1.82) is 0 Å². The third-order valence-electron chi connectivity index (χ3n) is 3.43. The van der Waals surface area contributed by atoms with E-state index in [4.69, 9.17) is 14.2 Å². The predicted molar refractivity (Wildman–Crippen MR) is 93.0 cm³/mol. The normalized spacial score (nSPS) is 10.2. The second-order valence-corrected chi connectivity index (χ2v) is 5.40. The van der Waals surface area contributed by atoms with Crippen LogP contribution in [0.25, 0.3) is 0 Å². The average molecular weight is 342 g/mol. The Morgan fingerprint density at radius 1 is 0.640 bits per heavy atom. The van der Waals surface area contributed by atoms with Crippen LogP contribution in [-0.2, 0) is 36.6 Å². The van der Waals surface area contributed by atoms with Crippen molar-refractivity contribution in [3.05, 3.63) is 71.8 Å². The number of hydrogen-bond donors (Lipinski definition) is 0. The number of carbonyl (C=O) groups excluding carboxylic acids is 2. The zero-order chi connectivity index (χ0) is 17.7. The molecule has 5 heteroatoms. The van der Waals surface area contributed by atoms with E-state index in [1.807, 2.05) is 60.7 Å². The standard InChI is InChI=1S/C20H22O5/c21-19(24-13-11-17-7-3-1-4-8-17)15-23-16-20(22)25-14-12-18-9-5-2-6-10-18/h1-10H,11-16H2. The quantitative estimate of drug-likeness (QED) is 0.621. The molecule has 0 heterocycles. The zero-order valence-electron chi connectivity index (χ0n) is 14.1. The Morgan fingerprint density at radius 2 is 1.04 bits per heavy atom. The smallest absolute Gasteiger partial charge is 0.332 e. The van der Waals surface area contributed by atoms with Crippen molar-refractivity contribution >= 4 is 11.9 Å². The molecule has 0 spiro atoms. The van der Waals surface area contributed by atoms with E-state index >= 15 is 0 Å². The SMILES string of the molecule is O=C(COCC(=O)OCCc1ccccc1)OCCc1ccccc1. The molecule has 0 saturated carbocycles. The van der Waals surface area contributed by atoms with Crippen molar-refractivity contribution in [3.8, 4) is 0 Å². The van der Waals surface area contributed by atoms with E-state index in [0.29, 0.717) is 12.8 Å². The Kier molecular flexibility index (Phi) is 8.21. The minimum atomic E-state index is -0.493. The molecule has 0 aromatic heterocycles. The van der Waals surface area contributed by atoms with E-state index in [1.165, 1.54) is 0 Å². The number of rotatable bonds is 10. The van der Waals surface area contributed by atoms with Crippen LogP contribution in [0.3, 0.4) is 0 Å². The second-order valence-electron chi connectivity index (χ2n) is 5.40. The van der Waals surface area contributed by atoms with Crippen LogP contribution in [-0.4, -0.2) is 38.4 Å². The lowest BCUT2D eigenvalue weighted by molar-refractivity contribution is -0.155. The Bertz CT molecular complexity index is 582. The molecule has 0 aliphatic carbocycles. The van der Waals surface area contributed by atoms with Crippen LogP contribution in [0.2, 0.25) is 0 Å². The molecule has 0 N–H and O–H groups in total. The van der Waals surface area contributed by atoms with E-state index < -0.39 is 11.9 Å². The largest absolute Gasteiger partial charge is 0.464 e. The van der Waals surface area contributed by atoms with Crippen molar-refractivity contribution in [2.75, 3.05) is 26.4 Å². The molecule has 2 aromatic rings. The molecule has 0 radical (unpaired) electrons. The molecule has 0 aliphatic heterocycles. The Morgan fingerprint density at radius 3 is 1.44 bits per heavy atom. The van der Waals surface area contributed by atoms with Gasteiger partial charge >= 0.3 is 11.9 Å². The molecule has 5 nitrogen and oxygen atoms in total. The van der Waals surface area contributed by atoms with Gasteiger partial charge in [0, 0.05) is 12.8 Å². The van der Waals surface area contributed by atoms with E-state index in [1.54, 1.807) is 0 Å². The first-order chi connectivity index (χ1) is 12.2. The lowest BCUT2D eigenvalue weighted by atomic mass is 10.2. The van der Waals surface area contributed by atoms with Gasteiger partial charge in [-0.3, -0.25) is 0 Å². The maximum atomic E-state index is 11.5. The third kappa shape index (κ3) is 8.13. The highest BCUT2D eigenvalue weighted by molar-refractivity contribution is 5.73. The Balaban J connectivity index is 1.49. The summed E-state index contributed by atoms with van der Waals surface area (Å²) in [5, 5.41) is 0. The maximum Gasteiger partial charge on any atom is 0.332 e. The van der Waals surface area contributed by atoms with Crippen molar-refractivity contribution in [3.63, 3.8) is 0 Å². The third-order valence-corrected chi connectivity index (χ3v) is 3.43. The molecule has 0 aliphatic rings. The van der Waals surface area contributed by atoms with Crippen LogP contribution in [0.15, 0.2) is 60.7 Å². The number of ether oxygens (including phenoxy) is 3. The van der Waals surface area contributed by atoms with Gasteiger partial charge < -0.3 is 14.2 Å². The van der Waals surface area contributed by atoms with Gasteiger partial charge in [-0.25, -0.2) is 9.59 Å². The van der Waals surface area contributed by atoms with Gasteiger partial charge in [-0.05, 0) is 11.1 Å². The van der Waals surface area contributed by atoms with Crippen LogP contribution >= 0.6 is 0 Å². The van der Waals surface area contributed by atoms with Gasteiger partial charge in [-0.1, -0.05) is 60.7 Å². The second kappa shape index (κ2) is 11.0. The lowest BCUT2D eigenvalue weighted by Crippen LogP contribution is -2.19. The molecule has 0 saturated heterocycles. The maximum absolute atomic E-state index is 11.5. The van der Waals surface area contributed by atoms with Crippen LogP contribution in [0.5, 0.6) is 0 Å². The van der Waals surface area contributed by atoms with E-state index in [9.17, 15) is 9.59 Å². The number of benzene rings is 2. The van der Waals surface area contributed by atoms with E-state index in [-0.39, 0.29) is 26.4 Å². The molecule has 25 heavy (non-hydrogen) atoms. The summed E-state index contributed by atoms with van der Waals surface area (Å²) in [5.41, 5.74) is 2.19. The summed E-state index contributed by atoms with van der Waals surface area (Å²) in [5.74, 6) is -0.985. The molecule has 132 valence electrons. The van der Waals surface area contributed by atoms with Crippen LogP contribution in [0.1, 0.15) is 11.1 Å². The molecule has 0 amide bonds. The van der Waals surface area contributed by atoms with Crippen molar-refractivity contribution in [2.45, 2.75) is 12.8 Å². The molecule has 0 bridgehead atoms. The topological polar surface area (TPSA) is 61.8 Å². The van der Waals surface area contributed by atoms with Crippen molar-refractivity contribution in [2.24, 2.45) is 0 Å². The number of hydrogen-bond acceptors (Lipinski definition) is 5. The van der Waals surface area contributed by atoms with Crippen molar-refractivity contribution in [1.82, 2.24) is 0 Å². The molecule has 0 unspecified atom stereocenters. The molecule has 0 atom stereocenters. The molecule has 2 rings (SSSR count). The first-order valence-electron chi connectivity index (χ1n) is 8.21. The van der Waals surface area contributed by atoms with Gasteiger partial charge in [-0.2, -0.15) is 0 Å². The Labute approximate surface area is 147 Å². The fraction of sp³-hybridized carbons (Fsp3) is 0.300. The summed E-state index contributed by atoms with van der Waals surface area (Å²) in [6, 6.07) is 19.5. The summed E-state index contributed by atoms with van der Waals surface area (Å²) < 4.78 is 15.1. The fourth-order valence-electron chi connectivity index (χ4n) is 2.16. The highest BCUT2D eigenvalue weighted by atomic mass is 16.6. The summed E-state index contributed by atoms with van der Waals surface area (Å²) in [7, 11) is 0. The minimum absolute atomic E-state index is 0.261. The van der Waals surface area contributed by atoms with Gasteiger partial charge in [0.15, 0.2) is 0 Å². The lowest BCUT2D eigenvalue weighted by Gasteiger charge is -2.07. The van der Waals surface area contributed by atoms with Gasteiger partial charge in [-0.15, -0.1) is 0 Å². The summed E-state index contributed by atoms with van der Waals surface area (Å²) >= 11 is 0. The first-order valence-corrected chi connectivity index (χ1v) is 8.21. The fourth-order valence-corrected chi connectivity index (χ4v) is 2.16. The van der Waals surface area contributed by atoms with Crippen molar-refractivity contribution < 1.29 is 23.8 Å². The van der Waals surface area contributed by atoms with Gasteiger partial charge in [0.05, 0.1) is 13.2 Å². The minimum Gasteiger partial charge on any atom is -0.464 e. The number of esters is 2. The zero-order valence-corrected chi connectivity index (χ0v) is 14.1. The highest BCUT2D eigenvalue weighted by Crippen LogP contribution is 2.01. The molecular weight excluding hydrogens is 320 g/mol. The molecule has 0 fully saturated rings. The number of carbonyl (C=O) groups is 2. The predicted octanol–water partition coefficient (Wildman–Crippen LogP) is 2.57. The average Bonchev–Trinajstić information content (AvgIpc) is 2.63. The van der Waals surface area contributed by atoms with E-state index in [0.717, 1.165) is 11.1 Å². The van der Waals surface area contributed by atoms with Crippen LogP contribution in [0.4, 0.5) is 0 Å². The van der Waals surface area contributed by atoms with E-state index in [2.05, 4.69) is 0 Å². The molecule has 2 aromatic carbocycles. The summed E-state index contributed by atoms with van der Waals surface area (Å²) in [6.07, 6.45) is 1.29. The van der Waals surface area contributed by atoms with Gasteiger partial charge in [0.2, 0.25) is 0 Å². The van der Waals surface area contributed by atoms with Gasteiger partial charge in [0.1, 0.15) is 13.2 Å². The monoisotopic (exact) mass is 342 g/mol. The summed E-state index contributed by atoms with van der Waals surface area (Å²) in [6.45, 7) is 0.0482.